The van der Waals surface area contributed by atoms with Crippen LogP contribution in [0.1, 0.15) is 12.8 Å². The van der Waals surface area contributed by atoms with Gasteiger partial charge in [-0.15, -0.1) is 11.6 Å². The second-order valence-corrected chi connectivity index (χ2v) is 2.09. The summed E-state index contributed by atoms with van der Waals surface area (Å²) in [5, 5.41) is 0. The Balaban J connectivity index is 3.52. The van der Waals surface area contributed by atoms with Gasteiger partial charge in [-0.2, -0.15) is 0 Å². The summed E-state index contributed by atoms with van der Waals surface area (Å²) in [4.78, 5) is 21.0. The average molecular weight is 165 g/mol. The molecule has 0 atom stereocenters. The number of halogens is 1. The molecule has 0 aromatic heterocycles. The standard InChI is InChI=1S/C6H9ClO3/c1-10-6(9)5(8)3-2-4-7/h2-4H2,1H3. The number of alkyl halides is 1. The molecule has 0 aliphatic rings. The lowest BCUT2D eigenvalue weighted by Crippen LogP contribution is -2.14. The smallest absolute Gasteiger partial charge is 0.374 e. The fourth-order valence-corrected chi connectivity index (χ4v) is 0.577. The van der Waals surface area contributed by atoms with Crippen molar-refractivity contribution < 1.29 is 14.3 Å². The Hall–Kier alpha value is -0.570. The number of ketones is 1. The summed E-state index contributed by atoms with van der Waals surface area (Å²) < 4.78 is 4.18. The third-order valence-electron chi connectivity index (χ3n) is 0.951. The predicted molar refractivity (Wildman–Crippen MR) is 37.0 cm³/mol. The lowest BCUT2D eigenvalue weighted by Gasteiger charge is -1.94. The van der Waals surface area contributed by atoms with Crippen LogP contribution in [-0.2, 0) is 14.3 Å². The molecule has 4 heteroatoms. The summed E-state index contributed by atoms with van der Waals surface area (Å²) in [5.41, 5.74) is 0. The molecule has 10 heavy (non-hydrogen) atoms. The van der Waals surface area contributed by atoms with Crippen molar-refractivity contribution in [1.82, 2.24) is 0 Å². The molecule has 0 aliphatic carbocycles. The van der Waals surface area contributed by atoms with Gasteiger partial charge in [-0.05, 0) is 6.42 Å². The molecule has 0 aromatic carbocycles. The largest absolute Gasteiger partial charge is 0.463 e. The third kappa shape index (κ3) is 3.45. The van der Waals surface area contributed by atoms with Crippen molar-refractivity contribution in [2.45, 2.75) is 12.8 Å². The second-order valence-electron chi connectivity index (χ2n) is 1.71. The summed E-state index contributed by atoms with van der Waals surface area (Å²) in [6.07, 6.45) is 0.700. The highest BCUT2D eigenvalue weighted by molar-refractivity contribution is 6.33. The first kappa shape index (κ1) is 9.43. The Morgan fingerprint density at radius 1 is 1.50 bits per heavy atom. The van der Waals surface area contributed by atoms with Gasteiger partial charge >= 0.3 is 5.97 Å². The maximum Gasteiger partial charge on any atom is 0.374 e. The normalized spacial score (nSPS) is 9.00. The Kier molecular flexibility index (Phi) is 4.94. The number of Topliss-reactive ketones (excluding diaryl/α,β-unsaturated/α-hetero) is 1. The molecule has 0 saturated carbocycles. The highest BCUT2D eigenvalue weighted by Gasteiger charge is 2.11. The van der Waals surface area contributed by atoms with Gasteiger partial charge in [-0.25, -0.2) is 4.79 Å². The molecule has 0 saturated heterocycles. The van der Waals surface area contributed by atoms with E-state index in [1.807, 2.05) is 0 Å². The van der Waals surface area contributed by atoms with E-state index < -0.39 is 11.8 Å². The number of carbonyl (C=O) groups excluding carboxylic acids is 2. The minimum absolute atomic E-state index is 0.177. The first-order valence-electron chi connectivity index (χ1n) is 2.89. The lowest BCUT2D eigenvalue weighted by atomic mass is 10.2. The van der Waals surface area contributed by atoms with Crippen molar-refractivity contribution in [3.63, 3.8) is 0 Å². The van der Waals surface area contributed by atoms with E-state index in [0.29, 0.717) is 12.3 Å². The minimum Gasteiger partial charge on any atom is -0.463 e. The number of methoxy groups -OCH3 is 1. The molecule has 0 bridgehead atoms. The van der Waals surface area contributed by atoms with Crippen LogP contribution < -0.4 is 0 Å². The van der Waals surface area contributed by atoms with Crippen LogP contribution in [0.25, 0.3) is 0 Å². The van der Waals surface area contributed by atoms with Crippen LogP contribution in [0.15, 0.2) is 0 Å². The molecule has 3 nitrogen and oxygen atoms in total. The summed E-state index contributed by atoms with van der Waals surface area (Å²) in [6, 6.07) is 0. The van der Waals surface area contributed by atoms with Crippen molar-refractivity contribution in [3.8, 4) is 0 Å². The summed E-state index contributed by atoms with van der Waals surface area (Å²) in [6.45, 7) is 0. The molecule has 0 unspecified atom stereocenters. The zero-order chi connectivity index (χ0) is 7.98. The first-order valence-corrected chi connectivity index (χ1v) is 3.43. The van der Waals surface area contributed by atoms with Crippen LogP contribution in [0.5, 0.6) is 0 Å². The number of esters is 1. The Morgan fingerprint density at radius 2 is 2.10 bits per heavy atom. The van der Waals surface area contributed by atoms with Crippen molar-refractivity contribution in [3.05, 3.63) is 0 Å². The molecular weight excluding hydrogens is 156 g/mol. The molecule has 0 radical (unpaired) electrons. The summed E-state index contributed by atoms with van der Waals surface area (Å²) >= 11 is 5.29. The monoisotopic (exact) mass is 164 g/mol. The fourth-order valence-electron chi connectivity index (χ4n) is 0.443. The van der Waals surface area contributed by atoms with Gasteiger partial charge in [0, 0.05) is 12.3 Å². The molecule has 0 spiro atoms. The number of hydrogen-bond donors (Lipinski definition) is 0. The van der Waals surface area contributed by atoms with Crippen LogP contribution in [0, 0.1) is 0 Å². The molecular formula is C6H9ClO3. The topological polar surface area (TPSA) is 43.4 Å². The minimum atomic E-state index is -0.787. The average Bonchev–Trinajstić information content (AvgIpc) is 1.98. The van der Waals surface area contributed by atoms with Gasteiger partial charge < -0.3 is 4.74 Å². The molecule has 0 rings (SSSR count). The number of carbonyl (C=O) groups is 2. The van der Waals surface area contributed by atoms with E-state index in [2.05, 4.69) is 4.74 Å². The van der Waals surface area contributed by atoms with Gasteiger partial charge in [0.15, 0.2) is 0 Å². The van der Waals surface area contributed by atoms with E-state index >= 15 is 0 Å². The molecule has 0 amide bonds. The highest BCUT2D eigenvalue weighted by Crippen LogP contribution is 1.94. The second kappa shape index (κ2) is 5.23. The van der Waals surface area contributed by atoms with Gasteiger partial charge in [-0.3, -0.25) is 4.79 Å². The fraction of sp³-hybridized carbons (Fsp3) is 0.667. The molecule has 58 valence electrons. The predicted octanol–water partition coefficient (Wildman–Crippen LogP) is 0.747. The van der Waals surface area contributed by atoms with Gasteiger partial charge in [0.05, 0.1) is 7.11 Å². The van der Waals surface area contributed by atoms with Crippen molar-refractivity contribution in [1.29, 1.82) is 0 Å². The van der Waals surface area contributed by atoms with E-state index in [-0.39, 0.29) is 6.42 Å². The zero-order valence-corrected chi connectivity index (χ0v) is 6.48. The van der Waals surface area contributed by atoms with Crippen LogP contribution in [-0.4, -0.2) is 24.7 Å². The quantitative estimate of drug-likeness (QED) is 0.350. The van der Waals surface area contributed by atoms with Gasteiger partial charge in [0.2, 0.25) is 5.78 Å². The molecule has 0 aliphatic heterocycles. The number of rotatable bonds is 4. The van der Waals surface area contributed by atoms with Gasteiger partial charge in [0.25, 0.3) is 0 Å². The highest BCUT2D eigenvalue weighted by atomic mass is 35.5. The van der Waals surface area contributed by atoms with E-state index in [0.717, 1.165) is 0 Å². The van der Waals surface area contributed by atoms with E-state index in [1.54, 1.807) is 0 Å². The Labute approximate surface area is 64.3 Å². The molecule has 0 N–H and O–H groups in total. The van der Waals surface area contributed by atoms with Crippen LogP contribution >= 0.6 is 11.6 Å². The van der Waals surface area contributed by atoms with Crippen molar-refractivity contribution in [2.24, 2.45) is 0 Å². The van der Waals surface area contributed by atoms with Gasteiger partial charge in [-0.1, -0.05) is 0 Å². The zero-order valence-electron chi connectivity index (χ0n) is 5.72. The van der Waals surface area contributed by atoms with E-state index in [4.69, 9.17) is 11.6 Å². The van der Waals surface area contributed by atoms with Gasteiger partial charge in [0.1, 0.15) is 0 Å². The van der Waals surface area contributed by atoms with E-state index in [1.165, 1.54) is 7.11 Å². The van der Waals surface area contributed by atoms with Crippen molar-refractivity contribution in [2.75, 3.05) is 13.0 Å². The van der Waals surface area contributed by atoms with Crippen LogP contribution in [0.2, 0.25) is 0 Å². The molecule has 0 aromatic rings. The Bertz CT molecular complexity index is 133. The maximum atomic E-state index is 10.6. The molecule has 0 heterocycles. The Morgan fingerprint density at radius 3 is 2.50 bits per heavy atom. The summed E-state index contributed by atoms with van der Waals surface area (Å²) in [5.74, 6) is -0.906. The number of ether oxygens (including phenoxy) is 1. The third-order valence-corrected chi connectivity index (χ3v) is 1.22. The maximum absolute atomic E-state index is 10.6. The number of hydrogen-bond acceptors (Lipinski definition) is 3. The first-order chi connectivity index (χ1) is 4.72. The summed E-state index contributed by atoms with van der Waals surface area (Å²) in [7, 11) is 1.18. The van der Waals surface area contributed by atoms with Crippen LogP contribution in [0.4, 0.5) is 0 Å². The lowest BCUT2D eigenvalue weighted by molar-refractivity contribution is -0.151. The van der Waals surface area contributed by atoms with Crippen molar-refractivity contribution >= 4 is 23.4 Å². The SMILES string of the molecule is COC(=O)C(=O)CCCCl. The molecule has 0 fully saturated rings. The van der Waals surface area contributed by atoms with Crippen LogP contribution in [0.3, 0.4) is 0 Å². The van der Waals surface area contributed by atoms with E-state index in [9.17, 15) is 9.59 Å².